The number of amides is 1. The number of hydrogen-bond donors (Lipinski definition) is 4. The average molecular weight is 295 g/mol. The molecule has 1 heterocycles. The number of sulfonamides is 1. The lowest BCUT2D eigenvalue weighted by molar-refractivity contribution is -0.114. The molecule has 0 atom stereocenters. The van der Waals surface area contributed by atoms with Gasteiger partial charge < -0.3 is 11.1 Å². The van der Waals surface area contributed by atoms with Gasteiger partial charge in [0, 0.05) is 12.6 Å². The second kappa shape index (κ2) is 5.21. The summed E-state index contributed by atoms with van der Waals surface area (Å²) in [6, 6.07) is 5.74. The summed E-state index contributed by atoms with van der Waals surface area (Å²) in [5.74, 6) is -0.125. The van der Waals surface area contributed by atoms with Crippen molar-refractivity contribution < 1.29 is 13.2 Å². The second-order valence-corrected chi connectivity index (χ2v) is 5.69. The summed E-state index contributed by atoms with van der Waals surface area (Å²) < 4.78 is 26.5. The molecule has 0 aliphatic carbocycles. The number of rotatable bonds is 4. The van der Waals surface area contributed by atoms with Crippen LogP contribution in [0.1, 0.15) is 6.92 Å². The molecule has 1 amide bonds. The third kappa shape index (κ3) is 3.06. The first-order valence-electron chi connectivity index (χ1n) is 5.58. The molecule has 106 valence electrons. The molecule has 0 aliphatic heterocycles. The second-order valence-electron chi connectivity index (χ2n) is 4.01. The van der Waals surface area contributed by atoms with Crippen molar-refractivity contribution >= 4 is 33.1 Å². The highest BCUT2D eigenvalue weighted by Crippen LogP contribution is 2.20. The molecule has 2 rings (SSSR count). The van der Waals surface area contributed by atoms with Gasteiger partial charge in [0.2, 0.25) is 5.91 Å². The Morgan fingerprint density at radius 2 is 1.95 bits per heavy atom. The zero-order valence-electron chi connectivity index (χ0n) is 10.5. The monoisotopic (exact) mass is 295 g/mol. The van der Waals surface area contributed by atoms with E-state index in [0.29, 0.717) is 5.69 Å². The molecule has 1 aromatic heterocycles. The van der Waals surface area contributed by atoms with Gasteiger partial charge in [-0.3, -0.25) is 14.6 Å². The van der Waals surface area contributed by atoms with Gasteiger partial charge >= 0.3 is 0 Å². The molecular weight excluding hydrogens is 282 g/mol. The van der Waals surface area contributed by atoms with Gasteiger partial charge in [0.05, 0.1) is 16.8 Å². The van der Waals surface area contributed by atoms with Gasteiger partial charge in [-0.25, -0.2) is 8.42 Å². The predicted octanol–water partition coefficient (Wildman–Crippen LogP) is 0.751. The number of carbonyl (C=O) groups excluding carboxylic acids is 1. The van der Waals surface area contributed by atoms with Gasteiger partial charge in [-0.05, 0) is 24.3 Å². The number of benzene rings is 1. The number of nitrogens with one attached hydrogen (secondary N) is 3. The first-order valence-corrected chi connectivity index (χ1v) is 7.06. The van der Waals surface area contributed by atoms with Crippen LogP contribution in [0.15, 0.2) is 35.4 Å². The Morgan fingerprint density at radius 3 is 2.45 bits per heavy atom. The van der Waals surface area contributed by atoms with Crippen LogP contribution in [0.25, 0.3) is 0 Å². The molecule has 9 heteroatoms. The van der Waals surface area contributed by atoms with E-state index in [0.717, 1.165) is 0 Å². The smallest absolute Gasteiger partial charge is 0.263 e. The van der Waals surface area contributed by atoms with Crippen molar-refractivity contribution in [3.63, 3.8) is 0 Å². The fourth-order valence-corrected chi connectivity index (χ4v) is 2.54. The number of hydrogen-bond acceptors (Lipinski definition) is 5. The predicted molar refractivity (Wildman–Crippen MR) is 74.6 cm³/mol. The van der Waals surface area contributed by atoms with E-state index < -0.39 is 10.0 Å². The largest absolute Gasteiger partial charge is 0.394 e. The molecule has 0 fully saturated rings. The fourth-order valence-electron chi connectivity index (χ4n) is 1.49. The third-order valence-corrected chi connectivity index (χ3v) is 3.76. The molecular formula is C11H13N5O3S. The summed E-state index contributed by atoms with van der Waals surface area (Å²) in [7, 11) is -3.76. The quantitative estimate of drug-likeness (QED) is 0.661. The molecule has 0 radical (unpaired) electrons. The Balaban J connectivity index is 2.22. The Labute approximate surface area is 115 Å². The number of aromatic nitrogens is 2. The van der Waals surface area contributed by atoms with Gasteiger partial charge in [-0.1, -0.05) is 0 Å². The summed E-state index contributed by atoms with van der Waals surface area (Å²) in [5.41, 5.74) is 6.25. The maximum absolute atomic E-state index is 12.1. The van der Waals surface area contributed by atoms with Crippen molar-refractivity contribution in [2.45, 2.75) is 11.8 Å². The van der Waals surface area contributed by atoms with E-state index >= 15 is 0 Å². The number of nitrogens with zero attached hydrogens (tertiary/aromatic N) is 1. The van der Waals surface area contributed by atoms with Crippen LogP contribution >= 0.6 is 0 Å². The van der Waals surface area contributed by atoms with E-state index in [1.165, 1.54) is 37.4 Å². The van der Waals surface area contributed by atoms with Crippen molar-refractivity contribution in [2.24, 2.45) is 0 Å². The molecule has 0 bridgehead atoms. The Bertz CT molecular complexity index is 721. The normalized spacial score (nSPS) is 11.1. The molecule has 20 heavy (non-hydrogen) atoms. The van der Waals surface area contributed by atoms with E-state index in [-0.39, 0.29) is 22.3 Å². The summed E-state index contributed by atoms with van der Waals surface area (Å²) >= 11 is 0. The maximum atomic E-state index is 12.1. The summed E-state index contributed by atoms with van der Waals surface area (Å²) in [4.78, 5) is 10.9. The van der Waals surface area contributed by atoms with Crippen molar-refractivity contribution in [1.29, 1.82) is 0 Å². The SMILES string of the molecule is CC(=O)Nc1ccc(S(=O)(=O)Nc2[nH]ncc2N)cc1. The molecule has 0 saturated heterocycles. The number of carbonyl (C=O) groups is 1. The molecule has 2 aromatic rings. The van der Waals surface area contributed by atoms with Crippen LogP contribution in [0.3, 0.4) is 0 Å². The van der Waals surface area contributed by atoms with Crippen molar-refractivity contribution in [2.75, 3.05) is 15.8 Å². The number of aromatic amines is 1. The Kier molecular flexibility index (Phi) is 3.61. The van der Waals surface area contributed by atoms with E-state index in [1.807, 2.05) is 0 Å². The highest BCUT2D eigenvalue weighted by molar-refractivity contribution is 7.92. The van der Waals surface area contributed by atoms with E-state index in [2.05, 4.69) is 20.2 Å². The average Bonchev–Trinajstić information content (AvgIpc) is 2.74. The van der Waals surface area contributed by atoms with Crippen molar-refractivity contribution in [3.05, 3.63) is 30.5 Å². The van der Waals surface area contributed by atoms with Gasteiger partial charge in [0.15, 0.2) is 5.82 Å². The Morgan fingerprint density at radius 1 is 1.30 bits per heavy atom. The molecule has 8 nitrogen and oxygen atoms in total. The van der Waals surface area contributed by atoms with Gasteiger partial charge in [0.25, 0.3) is 10.0 Å². The number of nitrogens with two attached hydrogens (primary N) is 1. The van der Waals surface area contributed by atoms with Gasteiger partial charge in [0.1, 0.15) is 0 Å². The number of anilines is 3. The fraction of sp³-hybridized carbons (Fsp3) is 0.0909. The maximum Gasteiger partial charge on any atom is 0.263 e. The minimum Gasteiger partial charge on any atom is -0.394 e. The standard InChI is InChI=1S/C11H13N5O3S/c1-7(17)14-8-2-4-9(5-3-8)20(18,19)16-11-10(12)6-13-15-11/h2-6H,12H2,1H3,(H,14,17)(H2,13,15,16). The van der Waals surface area contributed by atoms with Gasteiger partial charge in [-0.2, -0.15) is 5.10 Å². The molecule has 0 aliphatic rings. The first kappa shape index (κ1) is 13.9. The minimum absolute atomic E-state index is 0.0422. The van der Waals surface area contributed by atoms with Crippen LogP contribution in [0.5, 0.6) is 0 Å². The summed E-state index contributed by atoms with van der Waals surface area (Å²) in [5, 5.41) is 8.62. The molecule has 0 saturated carbocycles. The van der Waals surface area contributed by atoms with Crippen LogP contribution in [-0.4, -0.2) is 24.5 Å². The van der Waals surface area contributed by atoms with Crippen LogP contribution < -0.4 is 15.8 Å². The minimum atomic E-state index is -3.76. The Hall–Kier alpha value is -2.55. The zero-order chi connectivity index (χ0) is 14.8. The van der Waals surface area contributed by atoms with E-state index in [1.54, 1.807) is 0 Å². The van der Waals surface area contributed by atoms with Crippen LogP contribution in [0.4, 0.5) is 17.2 Å². The summed E-state index contributed by atoms with van der Waals surface area (Å²) in [6.45, 7) is 1.37. The lowest BCUT2D eigenvalue weighted by atomic mass is 10.3. The van der Waals surface area contributed by atoms with Crippen LogP contribution in [-0.2, 0) is 14.8 Å². The lowest BCUT2D eigenvalue weighted by Crippen LogP contribution is -2.14. The molecule has 5 N–H and O–H groups in total. The molecule has 0 spiro atoms. The van der Waals surface area contributed by atoms with Crippen LogP contribution in [0.2, 0.25) is 0 Å². The van der Waals surface area contributed by atoms with Crippen LogP contribution in [0, 0.1) is 0 Å². The summed E-state index contributed by atoms with van der Waals surface area (Å²) in [6.07, 6.45) is 1.30. The zero-order valence-corrected chi connectivity index (χ0v) is 11.4. The van der Waals surface area contributed by atoms with E-state index in [4.69, 9.17) is 5.73 Å². The number of H-pyrrole nitrogens is 1. The molecule has 0 unspecified atom stereocenters. The topological polar surface area (TPSA) is 130 Å². The lowest BCUT2D eigenvalue weighted by Gasteiger charge is -2.08. The van der Waals surface area contributed by atoms with Crippen molar-refractivity contribution in [3.8, 4) is 0 Å². The number of nitrogen functional groups attached to an aromatic ring is 1. The highest BCUT2D eigenvalue weighted by atomic mass is 32.2. The molecule has 1 aromatic carbocycles. The third-order valence-electron chi connectivity index (χ3n) is 2.39. The van der Waals surface area contributed by atoms with Crippen molar-refractivity contribution in [1.82, 2.24) is 10.2 Å². The highest BCUT2D eigenvalue weighted by Gasteiger charge is 2.16. The van der Waals surface area contributed by atoms with Gasteiger partial charge in [-0.15, -0.1) is 0 Å². The first-order chi connectivity index (χ1) is 9.38. The van der Waals surface area contributed by atoms with E-state index in [9.17, 15) is 13.2 Å².